The first-order valence-electron chi connectivity index (χ1n) is 4.22. The van der Waals surface area contributed by atoms with E-state index in [0.717, 1.165) is 16.2 Å². The second kappa shape index (κ2) is 4.50. The van der Waals surface area contributed by atoms with Crippen LogP contribution in [0.25, 0.3) is 0 Å². The highest BCUT2D eigenvalue weighted by atomic mass is 32.2. The number of phenolic OH excluding ortho intramolecular Hbond substituents is 1. The van der Waals surface area contributed by atoms with Crippen LogP contribution < -0.4 is 0 Å². The van der Waals surface area contributed by atoms with Crippen molar-refractivity contribution in [3.05, 3.63) is 40.6 Å². The Morgan fingerprint density at radius 1 is 1.50 bits per heavy atom. The van der Waals surface area contributed by atoms with Gasteiger partial charge in [0, 0.05) is 4.90 Å². The van der Waals surface area contributed by atoms with Gasteiger partial charge in [0.25, 0.3) is 0 Å². The van der Waals surface area contributed by atoms with Crippen LogP contribution in [0, 0.1) is 10.1 Å². The topological polar surface area (TPSA) is 76.3 Å². The summed E-state index contributed by atoms with van der Waals surface area (Å²) in [5.41, 5.74) is 0. The van der Waals surface area contributed by atoms with Gasteiger partial charge in [-0.25, -0.2) is 4.98 Å². The summed E-state index contributed by atoms with van der Waals surface area (Å²) >= 11 is 2.30. The van der Waals surface area contributed by atoms with Crippen LogP contribution in [0.2, 0.25) is 0 Å². The van der Waals surface area contributed by atoms with Gasteiger partial charge in [-0.05, 0) is 29.5 Å². The molecule has 1 heterocycles. The first-order chi connectivity index (χ1) is 7.65. The maximum atomic E-state index is 10.4. The van der Waals surface area contributed by atoms with Crippen LogP contribution in [0.4, 0.5) is 5.00 Å². The number of nitro groups is 1. The molecule has 0 bridgehead atoms. The van der Waals surface area contributed by atoms with Gasteiger partial charge in [0.05, 0.1) is 4.92 Å². The first kappa shape index (κ1) is 10.9. The summed E-state index contributed by atoms with van der Waals surface area (Å²) in [6.07, 6.45) is 1.23. The third-order valence-electron chi connectivity index (χ3n) is 1.68. The van der Waals surface area contributed by atoms with E-state index in [1.807, 2.05) is 0 Å². The summed E-state index contributed by atoms with van der Waals surface area (Å²) in [6, 6.07) is 6.66. The van der Waals surface area contributed by atoms with Gasteiger partial charge in [-0.1, -0.05) is 17.8 Å². The summed E-state index contributed by atoms with van der Waals surface area (Å²) in [5.74, 6) is 0.163. The lowest BCUT2D eigenvalue weighted by Gasteiger charge is -1.97. The van der Waals surface area contributed by atoms with E-state index in [1.54, 1.807) is 24.3 Å². The van der Waals surface area contributed by atoms with Crippen molar-refractivity contribution in [3.8, 4) is 5.75 Å². The molecule has 16 heavy (non-hydrogen) atoms. The highest BCUT2D eigenvalue weighted by molar-refractivity contribution is 8.01. The summed E-state index contributed by atoms with van der Waals surface area (Å²) < 4.78 is 0.581. The Morgan fingerprint density at radius 3 is 2.94 bits per heavy atom. The van der Waals surface area contributed by atoms with Crippen LogP contribution in [0.1, 0.15) is 0 Å². The van der Waals surface area contributed by atoms with Crippen molar-refractivity contribution in [2.75, 3.05) is 0 Å². The third kappa shape index (κ3) is 2.50. The SMILES string of the molecule is O=[N+]([O-])c1cnc(Sc2cccc(O)c2)s1. The molecular formula is C9H6N2O3S2. The van der Waals surface area contributed by atoms with E-state index in [9.17, 15) is 15.2 Å². The Labute approximate surface area is 98.9 Å². The lowest BCUT2D eigenvalue weighted by molar-refractivity contribution is -0.380. The van der Waals surface area contributed by atoms with Crippen molar-refractivity contribution in [1.82, 2.24) is 4.98 Å². The van der Waals surface area contributed by atoms with Gasteiger partial charge in [0.15, 0.2) is 4.34 Å². The molecule has 0 amide bonds. The van der Waals surface area contributed by atoms with Gasteiger partial charge in [0.1, 0.15) is 11.9 Å². The average molecular weight is 254 g/mol. The Balaban J connectivity index is 2.17. The van der Waals surface area contributed by atoms with E-state index in [2.05, 4.69) is 4.98 Å². The fourth-order valence-electron chi connectivity index (χ4n) is 1.03. The number of thiazole rings is 1. The number of hydrogen-bond donors (Lipinski definition) is 1. The molecule has 0 saturated carbocycles. The smallest absolute Gasteiger partial charge is 0.344 e. The van der Waals surface area contributed by atoms with E-state index < -0.39 is 4.92 Å². The highest BCUT2D eigenvalue weighted by Crippen LogP contribution is 2.34. The molecule has 0 saturated heterocycles. The first-order valence-corrected chi connectivity index (χ1v) is 5.85. The predicted octanol–water partition coefficient (Wildman–Crippen LogP) is 2.91. The molecule has 1 aromatic heterocycles. The van der Waals surface area contributed by atoms with E-state index in [0.29, 0.717) is 4.34 Å². The fraction of sp³-hybridized carbons (Fsp3) is 0. The lowest BCUT2D eigenvalue weighted by atomic mass is 10.3. The number of nitrogens with zero attached hydrogens (tertiary/aromatic N) is 2. The van der Waals surface area contributed by atoms with Crippen molar-refractivity contribution in [1.29, 1.82) is 0 Å². The quantitative estimate of drug-likeness (QED) is 0.673. The summed E-state index contributed by atoms with van der Waals surface area (Å²) in [6.45, 7) is 0. The van der Waals surface area contributed by atoms with E-state index in [1.165, 1.54) is 18.0 Å². The monoisotopic (exact) mass is 254 g/mol. The largest absolute Gasteiger partial charge is 0.508 e. The van der Waals surface area contributed by atoms with Gasteiger partial charge in [-0.3, -0.25) is 10.1 Å². The second-order valence-corrected chi connectivity index (χ2v) is 5.15. The summed E-state index contributed by atoms with van der Waals surface area (Å²) in [7, 11) is 0. The Hall–Kier alpha value is -1.60. The molecule has 1 aromatic carbocycles. The van der Waals surface area contributed by atoms with Crippen molar-refractivity contribution >= 4 is 28.1 Å². The molecule has 5 nitrogen and oxygen atoms in total. The molecule has 0 fully saturated rings. The lowest BCUT2D eigenvalue weighted by Crippen LogP contribution is -1.80. The summed E-state index contributed by atoms with van der Waals surface area (Å²) in [4.78, 5) is 14.7. The minimum Gasteiger partial charge on any atom is -0.508 e. The number of aromatic hydroxyl groups is 1. The number of hydrogen-bond acceptors (Lipinski definition) is 6. The number of phenols is 1. The maximum absolute atomic E-state index is 10.4. The Bertz CT molecular complexity index is 527. The number of aromatic nitrogens is 1. The average Bonchev–Trinajstić information content (AvgIpc) is 2.66. The molecule has 1 N–H and O–H groups in total. The Morgan fingerprint density at radius 2 is 2.31 bits per heavy atom. The molecule has 0 unspecified atom stereocenters. The normalized spacial score (nSPS) is 10.2. The van der Waals surface area contributed by atoms with Gasteiger partial charge in [-0.2, -0.15) is 0 Å². The minimum atomic E-state index is -0.468. The molecule has 7 heteroatoms. The Kier molecular flexibility index (Phi) is 3.07. The molecule has 0 radical (unpaired) electrons. The van der Waals surface area contributed by atoms with Crippen LogP contribution in [0.5, 0.6) is 5.75 Å². The fourth-order valence-corrected chi connectivity index (χ4v) is 2.84. The van der Waals surface area contributed by atoms with Gasteiger partial charge in [-0.15, -0.1) is 0 Å². The summed E-state index contributed by atoms with van der Waals surface area (Å²) in [5, 5.41) is 19.7. The maximum Gasteiger partial charge on any atom is 0.344 e. The van der Waals surface area contributed by atoms with Crippen molar-refractivity contribution < 1.29 is 10.0 Å². The van der Waals surface area contributed by atoms with Crippen LogP contribution in [0.15, 0.2) is 39.7 Å². The standard InChI is InChI=1S/C9H6N2O3S2/c12-6-2-1-3-7(4-6)15-9-10-5-8(16-9)11(13)14/h1-5,12H. The van der Waals surface area contributed by atoms with Crippen molar-refractivity contribution in [2.45, 2.75) is 9.24 Å². The van der Waals surface area contributed by atoms with Crippen LogP contribution in [-0.4, -0.2) is 15.0 Å². The zero-order chi connectivity index (χ0) is 11.5. The molecule has 0 aliphatic heterocycles. The van der Waals surface area contributed by atoms with Crippen molar-refractivity contribution in [2.24, 2.45) is 0 Å². The van der Waals surface area contributed by atoms with E-state index >= 15 is 0 Å². The van der Waals surface area contributed by atoms with Crippen molar-refractivity contribution in [3.63, 3.8) is 0 Å². The molecule has 0 spiro atoms. The van der Waals surface area contributed by atoms with Gasteiger partial charge in [0.2, 0.25) is 0 Å². The zero-order valence-electron chi connectivity index (χ0n) is 7.86. The molecule has 0 atom stereocenters. The van der Waals surface area contributed by atoms with Gasteiger partial charge < -0.3 is 5.11 Å². The number of rotatable bonds is 3. The highest BCUT2D eigenvalue weighted by Gasteiger charge is 2.12. The molecule has 0 aliphatic rings. The molecular weight excluding hydrogens is 248 g/mol. The predicted molar refractivity (Wildman–Crippen MR) is 61.0 cm³/mol. The second-order valence-electron chi connectivity index (χ2n) is 2.82. The van der Waals surface area contributed by atoms with E-state index in [-0.39, 0.29) is 10.8 Å². The van der Waals surface area contributed by atoms with Crippen LogP contribution in [0.3, 0.4) is 0 Å². The van der Waals surface area contributed by atoms with Crippen LogP contribution >= 0.6 is 23.1 Å². The zero-order valence-corrected chi connectivity index (χ0v) is 9.49. The minimum absolute atomic E-state index is 0.0163. The third-order valence-corrected chi connectivity index (χ3v) is 3.69. The van der Waals surface area contributed by atoms with Crippen LogP contribution in [-0.2, 0) is 0 Å². The molecule has 2 rings (SSSR count). The molecule has 82 valence electrons. The van der Waals surface area contributed by atoms with E-state index in [4.69, 9.17) is 0 Å². The molecule has 2 aromatic rings. The molecule has 0 aliphatic carbocycles. The number of benzene rings is 1. The van der Waals surface area contributed by atoms with Gasteiger partial charge >= 0.3 is 5.00 Å².